The van der Waals surface area contributed by atoms with Crippen molar-refractivity contribution in [3.8, 4) is 0 Å². The number of carbonyl (C=O) groups is 2. The molecule has 142 valence electrons. The first-order valence-corrected chi connectivity index (χ1v) is 9.16. The summed E-state index contributed by atoms with van der Waals surface area (Å²) in [5.41, 5.74) is 5.02. The van der Waals surface area contributed by atoms with Crippen LogP contribution in [0.15, 0.2) is 11.3 Å². The molecule has 8 nitrogen and oxygen atoms in total. The molecule has 0 radical (unpaired) electrons. The number of fused-ring (bicyclic) bond motifs is 1. The molecule has 0 bridgehead atoms. The van der Waals surface area contributed by atoms with E-state index in [0.717, 1.165) is 0 Å². The molecule has 2 N–H and O–H groups in total. The van der Waals surface area contributed by atoms with Gasteiger partial charge in [0, 0.05) is 20.0 Å². The van der Waals surface area contributed by atoms with Gasteiger partial charge >= 0.3 is 5.97 Å². The van der Waals surface area contributed by atoms with Crippen molar-refractivity contribution in [3.63, 3.8) is 0 Å². The Bertz CT molecular complexity index is 585. The standard InChI is InChI=1S/C13H17Cl3N2O6S/c1-21-6-23-3-7-4-25-11-13(17,22-2)10(20)18(11)8(7)9(19)24-5-12(14,15)16/h11H,3-6,17H2,1-2H3/t11-,13+/m1/s1. The van der Waals surface area contributed by atoms with Gasteiger partial charge in [-0.1, -0.05) is 34.8 Å². The summed E-state index contributed by atoms with van der Waals surface area (Å²) in [7, 11) is 2.80. The molecule has 12 heteroatoms. The van der Waals surface area contributed by atoms with Gasteiger partial charge in [0.05, 0.1) is 6.61 Å². The zero-order chi connectivity index (χ0) is 18.8. The van der Waals surface area contributed by atoms with Crippen LogP contribution in [0.25, 0.3) is 0 Å². The number of nitrogens with two attached hydrogens (primary N) is 1. The predicted molar refractivity (Wildman–Crippen MR) is 93.1 cm³/mol. The minimum atomic E-state index is -1.77. The average molecular weight is 436 g/mol. The summed E-state index contributed by atoms with van der Waals surface area (Å²) >= 11 is 18.2. The van der Waals surface area contributed by atoms with E-state index in [0.29, 0.717) is 11.3 Å². The fourth-order valence-corrected chi connectivity index (χ4v) is 3.90. The molecule has 2 rings (SSSR count). The van der Waals surface area contributed by atoms with Crippen LogP contribution < -0.4 is 5.73 Å². The van der Waals surface area contributed by atoms with Gasteiger partial charge in [-0.25, -0.2) is 4.79 Å². The van der Waals surface area contributed by atoms with E-state index in [2.05, 4.69) is 0 Å². The molecule has 0 aliphatic carbocycles. The lowest BCUT2D eigenvalue weighted by Gasteiger charge is -2.54. The van der Waals surface area contributed by atoms with Gasteiger partial charge < -0.3 is 18.9 Å². The van der Waals surface area contributed by atoms with E-state index < -0.39 is 33.4 Å². The summed E-state index contributed by atoms with van der Waals surface area (Å²) in [6.45, 7) is -0.370. The van der Waals surface area contributed by atoms with Gasteiger partial charge in [0.15, 0.2) is 0 Å². The van der Waals surface area contributed by atoms with Crippen LogP contribution in [-0.2, 0) is 28.5 Å². The Labute approximate surface area is 163 Å². The SMILES string of the molecule is COCOCC1=C(C(=O)OCC(Cl)(Cl)Cl)N2C(=O)[C@](N)(OC)[C@H]2SC1. The van der Waals surface area contributed by atoms with Gasteiger partial charge in [0.2, 0.25) is 9.52 Å². The first-order valence-electron chi connectivity index (χ1n) is 6.97. The smallest absolute Gasteiger partial charge is 0.355 e. The van der Waals surface area contributed by atoms with E-state index in [1.807, 2.05) is 0 Å². The number of alkyl halides is 3. The molecule has 0 aromatic carbocycles. The molecule has 2 heterocycles. The molecule has 0 unspecified atom stereocenters. The number of carbonyl (C=O) groups excluding carboxylic acids is 2. The van der Waals surface area contributed by atoms with Crippen molar-refractivity contribution in [2.24, 2.45) is 5.73 Å². The molecule has 2 aliphatic heterocycles. The molecule has 2 aliphatic rings. The Morgan fingerprint density at radius 2 is 2.12 bits per heavy atom. The summed E-state index contributed by atoms with van der Waals surface area (Å²) in [4.78, 5) is 26.1. The molecular weight excluding hydrogens is 419 g/mol. The van der Waals surface area contributed by atoms with Crippen LogP contribution in [0.1, 0.15) is 0 Å². The monoisotopic (exact) mass is 434 g/mol. The second-order valence-corrected chi connectivity index (χ2v) is 8.82. The third-order valence-electron chi connectivity index (χ3n) is 3.52. The van der Waals surface area contributed by atoms with Gasteiger partial charge in [-0.05, 0) is 5.57 Å². The number of thioether (sulfide) groups is 1. The maximum absolute atomic E-state index is 12.5. The first-order chi connectivity index (χ1) is 11.7. The highest BCUT2D eigenvalue weighted by Gasteiger charge is 2.63. The van der Waals surface area contributed by atoms with Crippen molar-refractivity contribution in [3.05, 3.63) is 11.3 Å². The van der Waals surface area contributed by atoms with Crippen molar-refractivity contribution >= 4 is 58.4 Å². The van der Waals surface area contributed by atoms with Crippen molar-refractivity contribution in [1.82, 2.24) is 4.90 Å². The highest BCUT2D eigenvalue weighted by Crippen LogP contribution is 2.45. The zero-order valence-corrected chi connectivity index (χ0v) is 16.5. The van der Waals surface area contributed by atoms with E-state index in [1.165, 1.54) is 30.9 Å². The third-order valence-corrected chi connectivity index (χ3v) is 5.24. The highest BCUT2D eigenvalue weighted by molar-refractivity contribution is 8.00. The van der Waals surface area contributed by atoms with Crippen LogP contribution >= 0.6 is 46.6 Å². The van der Waals surface area contributed by atoms with Crippen molar-refractivity contribution in [2.75, 3.05) is 40.0 Å². The van der Waals surface area contributed by atoms with Gasteiger partial charge in [0.25, 0.3) is 5.91 Å². The van der Waals surface area contributed by atoms with Crippen molar-refractivity contribution in [2.45, 2.75) is 14.9 Å². The van der Waals surface area contributed by atoms with E-state index >= 15 is 0 Å². The average Bonchev–Trinajstić information content (AvgIpc) is 2.57. The van der Waals surface area contributed by atoms with E-state index in [9.17, 15) is 9.59 Å². The number of amides is 1. The fraction of sp³-hybridized carbons (Fsp3) is 0.692. The van der Waals surface area contributed by atoms with Crippen LogP contribution in [0, 0.1) is 0 Å². The number of nitrogens with zero attached hydrogens (tertiary/aromatic N) is 1. The lowest BCUT2D eigenvalue weighted by Crippen LogP contribution is -2.78. The fourth-order valence-electron chi connectivity index (χ4n) is 2.37. The summed E-state index contributed by atoms with van der Waals surface area (Å²) in [5.74, 6) is -0.977. The molecule has 2 atom stereocenters. The molecule has 1 amide bonds. The van der Waals surface area contributed by atoms with E-state index in [1.54, 1.807) is 0 Å². The third kappa shape index (κ3) is 4.36. The number of hydrogen-bond donors (Lipinski definition) is 1. The van der Waals surface area contributed by atoms with Crippen LogP contribution in [0.2, 0.25) is 0 Å². The summed E-state index contributed by atoms with van der Waals surface area (Å²) in [5, 5.41) is -0.563. The second-order valence-electron chi connectivity index (χ2n) is 5.23. The molecule has 0 saturated carbocycles. The second kappa shape index (κ2) is 8.18. The number of ether oxygens (including phenoxy) is 4. The Morgan fingerprint density at radius 1 is 1.44 bits per heavy atom. The van der Waals surface area contributed by atoms with Gasteiger partial charge in [-0.15, -0.1) is 11.8 Å². The Kier molecular flexibility index (Phi) is 6.89. The normalized spacial score (nSPS) is 26.4. The van der Waals surface area contributed by atoms with Gasteiger partial charge in [0.1, 0.15) is 24.5 Å². The molecule has 0 aromatic heterocycles. The topological polar surface area (TPSA) is 100 Å². The number of hydrogen-bond acceptors (Lipinski definition) is 8. The minimum Gasteiger partial charge on any atom is -0.456 e. The summed E-state index contributed by atoms with van der Waals surface area (Å²) in [6.07, 6.45) is 0. The number of rotatable bonds is 7. The highest BCUT2D eigenvalue weighted by atomic mass is 35.6. The quantitative estimate of drug-likeness (QED) is 0.208. The molecular formula is C13H17Cl3N2O6S. The number of methoxy groups -OCH3 is 2. The minimum absolute atomic E-state index is 0.0252. The maximum Gasteiger partial charge on any atom is 0.355 e. The zero-order valence-electron chi connectivity index (χ0n) is 13.4. The van der Waals surface area contributed by atoms with Crippen molar-refractivity contribution < 1.29 is 28.5 Å². The molecule has 1 saturated heterocycles. The van der Waals surface area contributed by atoms with Crippen molar-refractivity contribution in [1.29, 1.82) is 0 Å². The Balaban J connectivity index is 2.25. The predicted octanol–water partition coefficient (Wildman–Crippen LogP) is 0.991. The number of halogens is 3. The lowest BCUT2D eigenvalue weighted by atomic mass is 9.99. The van der Waals surface area contributed by atoms with Crippen LogP contribution in [0.5, 0.6) is 0 Å². The van der Waals surface area contributed by atoms with Crippen LogP contribution in [-0.4, -0.2) is 71.6 Å². The number of esters is 1. The molecule has 25 heavy (non-hydrogen) atoms. The summed E-state index contributed by atoms with van der Waals surface area (Å²) < 4.78 is 18.5. The Hall–Kier alpha value is -0.260. The first kappa shape index (κ1) is 21.0. The maximum atomic E-state index is 12.5. The van der Waals surface area contributed by atoms with Gasteiger partial charge in [-0.3, -0.25) is 15.4 Å². The largest absolute Gasteiger partial charge is 0.456 e. The van der Waals surface area contributed by atoms with Crippen LogP contribution in [0.4, 0.5) is 0 Å². The van der Waals surface area contributed by atoms with E-state index in [4.69, 9.17) is 59.5 Å². The molecule has 1 fully saturated rings. The van der Waals surface area contributed by atoms with Crippen LogP contribution in [0.3, 0.4) is 0 Å². The molecule has 0 spiro atoms. The Morgan fingerprint density at radius 3 is 2.68 bits per heavy atom. The van der Waals surface area contributed by atoms with Gasteiger partial charge in [-0.2, -0.15) is 0 Å². The lowest BCUT2D eigenvalue weighted by molar-refractivity contribution is -0.183. The molecule has 0 aromatic rings. The number of β-lactam (4-membered cyclic amide) rings is 1. The summed E-state index contributed by atoms with van der Waals surface area (Å²) in [6, 6.07) is 0. The van der Waals surface area contributed by atoms with E-state index in [-0.39, 0.29) is 19.1 Å².